The third-order valence-corrected chi connectivity index (χ3v) is 6.90. The van der Waals surface area contributed by atoms with E-state index in [0.29, 0.717) is 41.8 Å². The summed E-state index contributed by atoms with van der Waals surface area (Å²) in [5.41, 5.74) is 2.33. The van der Waals surface area contributed by atoms with Crippen LogP contribution in [0.3, 0.4) is 0 Å². The highest BCUT2D eigenvalue weighted by Crippen LogP contribution is 2.39. The topological polar surface area (TPSA) is 84.5 Å². The van der Waals surface area contributed by atoms with Crippen LogP contribution in [0.15, 0.2) is 70.0 Å². The zero-order valence-electron chi connectivity index (χ0n) is 19.5. The summed E-state index contributed by atoms with van der Waals surface area (Å²) < 4.78 is 7.05. The van der Waals surface area contributed by atoms with Crippen molar-refractivity contribution >= 4 is 16.8 Å². The van der Waals surface area contributed by atoms with Crippen LogP contribution in [-0.2, 0) is 17.9 Å². The monoisotopic (exact) mass is 469 g/mol. The summed E-state index contributed by atoms with van der Waals surface area (Å²) in [6.07, 6.45) is 2.15. The molecule has 2 aromatic heterocycles. The van der Waals surface area contributed by atoms with Crippen LogP contribution in [0, 0.1) is 0 Å². The molecule has 0 unspecified atom stereocenters. The average Bonchev–Trinajstić information content (AvgIpc) is 3.63. The molecule has 4 aromatic rings. The standard InChI is InChI=1S/C27H27N5O3/c33-24-16-22(27-28-26(29-35-27)20-10-11-20)21-8-4-5-9-23(21)32(24)18-25(34)31-14-12-30(13-15-31)17-19-6-2-1-3-7-19/h1-9,16,20H,10-15,17-18H2. The summed E-state index contributed by atoms with van der Waals surface area (Å²) in [4.78, 5) is 35.1. The number of nitrogens with zero attached hydrogens (tertiary/aromatic N) is 5. The van der Waals surface area contributed by atoms with Crippen molar-refractivity contribution in [3.05, 3.63) is 82.4 Å². The van der Waals surface area contributed by atoms with Crippen molar-refractivity contribution in [2.24, 2.45) is 0 Å². The van der Waals surface area contributed by atoms with E-state index in [1.165, 1.54) is 11.6 Å². The molecule has 1 saturated heterocycles. The molecule has 0 bridgehead atoms. The number of amides is 1. The van der Waals surface area contributed by atoms with E-state index >= 15 is 0 Å². The highest BCUT2D eigenvalue weighted by atomic mass is 16.5. The molecule has 0 spiro atoms. The zero-order valence-corrected chi connectivity index (χ0v) is 19.5. The Morgan fingerprint density at radius 1 is 0.971 bits per heavy atom. The highest BCUT2D eigenvalue weighted by molar-refractivity contribution is 5.93. The molecule has 0 atom stereocenters. The second-order valence-corrected chi connectivity index (χ2v) is 9.37. The summed E-state index contributed by atoms with van der Waals surface area (Å²) in [5.74, 6) is 1.38. The van der Waals surface area contributed by atoms with Gasteiger partial charge < -0.3 is 9.42 Å². The second-order valence-electron chi connectivity index (χ2n) is 9.37. The SMILES string of the molecule is O=C(Cn1c(=O)cc(-c2nc(C3CC3)no2)c2ccccc21)N1CCN(Cc2ccccc2)CC1. The number of fused-ring (bicyclic) bond motifs is 1. The molecule has 0 radical (unpaired) electrons. The first-order valence-corrected chi connectivity index (χ1v) is 12.2. The summed E-state index contributed by atoms with van der Waals surface area (Å²) in [6, 6.07) is 19.4. The van der Waals surface area contributed by atoms with E-state index in [4.69, 9.17) is 4.52 Å². The molecule has 1 aliphatic carbocycles. The molecule has 2 aromatic carbocycles. The maximum Gasteiger partial charge on any atom is 0.258 e. The first-order chi connectivity index (χ1) is 17.2. The van der Waals surface area contributed by atoms with Crippen LogP contribution in [0.25, 0.3) is 22.4 Å². The lowest BCUT2D eigenvalue weighted by Gasteiger charge is -2.35. The third-order valence-electron chi connectivity index (χ3n) is 6.90. The fourth-order valence-corrected chi connectivity index (χ4v) is 4.76. The Kier molecular flexibility index (Phi) is 5.66. The van der Waals surface area contributed by atoms with E-state index in [1.807, 2.05) is 47.4 Å². The average molecular weight is 470 g/mol. The van der Waals surface area contributed by atoms with Gasteiger partial charge in [0.1, 0.15) is 6.54 Å². The first kappa shape index (κ1) is 21.7. The van der Waals surface area contributed by atoms with Gasteiger partial charge >= 0.3 is 0 Å². The number of carbonyl (C=O) groups excluding carboxylic acids is 1. The van der Waals surface area contributed by atoms with Crippen LogP contribution in [0.5, 0.6) is 0 Å². The van der Waals surface area contributed by atoms with Gasteiger partial charge in [-0.25, -0.2) is 0 Å². The fourth-order valence-electron chi connectivity index (χ4n) is 4.76. The van der Waals surface area contributed by atoms with Crippen LogP contribution in [-0.4, -0.2) is 56.6 Å². The van der Waals surface area contributed by atoms with Gasteiger partial charge in [0, 0.05) is 50.1 Å². The molecule has 6 rings (SSSR count). The number of para-hydroxylation sites is 1. The molecule has 2 aliphatic rings. The van der Waals surface area contributed by atoms with Gasteiger partial charge in [0.15, 0.2) is 5.82 Å². The van der Waals surface area contributed by atoms with Gasteiger partial charge in [-0.1, -0.05) is 53.7 Å². The molecule has 35 heavy (non-hydrogen) atoms. The number of piperazine rings is 1. The molecule has 0 N–H and O–H groups in total. The summed E-state index contributed by atoms with van der Waals surface area (Å²) >= 11 is 0. The van der Waals surface area contributed by atoms with Crippen molar-refractivity contribution in [2.75, 3.05) is 26.2 Å². The third kappa shape index (κ3) is 4.49. The Hall–Kier alpha value is -3.78. The molecule has 1 amide bonds. The largest absolute Gasteiger partial charge is 0.339 e. The predicted molar refractivity (Wildman–Crippen MR) is 132 cm³/mol. The predicted octanol–water partition coefficient (Wildman–Crippen LogP) is 3.27. The molecular weight excluding hydrogens is 442 g/mol. The molecule has 178 valence electrons. The van der Waals surface area contributed by atoms with Crippen molar-refractivity contribution in [3.63, 3.8) is 0 Å². The highest BCUT2D eigenvalue weighted by Gasteiger charge is 2.29. The van der Waals surface area contributed by atoms with Gasteiger partial charge in [-0.2, -0.15) is 4.98 Å². The Balaban J connectivity index is 1.20. The summed E-state index contributed by atoms with van der Waals surface area (Å²) in [6.45, 7) is 3.83. The van der Waals surface area contributed by atoms with Crippen LogP contribution in [0.2, 0.25) is 0 Å². The maximum absolute atomic E-state index is 13.2. The van der Waals surface area contributed by atoms with E-state index in [1.54, 1.807) is 4.57 Å². The Morgan fingerprint density at radius 3 is 2.49 bits per heavy atom. The van der Waals surface area contributed by atoms with Crippen LogP contribution in [0.4, 0.5) is 0 Å². The number of hydrogen-bond donors (Lipinski definition) is 0. The van der Waals surface area contributed by atoms with Gasteiger partial charge in [0.25, 0.3) is 11.4 Å². The number of rotatable bonds is 6. The molecule has 2 fully saturated rings. The van der Waals surface area contributed by atoms with E-state index in [9.17, 15) is 9.59 Å². The fraction of sp³-hybridized carbons (Fsp3) is 0.333. The van der Waals surface area contributed by atoms with E-state index in [2.05, 4.69) is 27.2 Å². The lowest BCUT2D eigenvalue weighted by Crippen LogP contribution is -2.49. The van der Waals surface area contributed by atoms with E-state index < -0.39 is 0 Å². The summed E-state index contributed by atoms with van der Waals surface area (Å²) in [7, 11) is 0. The van der Waals surface area contributed by atoms with Gasteiger partial charge in [0.2, 0.25) is 5.91 Å². The Bertz CT molecular complexity index is 1420. The van der Waals surface area contributed by atoms with E-state index in [-0.39, 0.29) is 18.0 Å². The van der Waals surface area contributed by atoms with Crippen molar-refractivity contribution in [3.8, 4) is 11.5 Å². The van der Waals surface area contributed by atoms with Crippen molar-refractivity contribution < 1.29 is 9.32 Å². The van der Waals surface area contributed by atoms with Crippen LogP contribution < -0.4 is 5.56 Å². The van der Waals surface area contributed by atoms with Crippen molar-refractivity contribution in [2.45, 2.75) is 31.8 Å². The molecule has 3 heterocycles. The molecule has 1 saturated carbocycles. The Morgan fingerprint density at radius 2 is 1.71 bits per heavy atom. The molecule has 1 aliphatic heterocycles. The number of carbonyl (C=O) groups is 1. The quantitative estimate of drug-likeness (QED) is 0.431. The maximum atomic E-state index is 13.2. The lowest BCUT2D eigenvalue weighted by atomic mass is 10.1. The molecule has 8 nitrogen and oxygen atoms in total. The zero-order chi connectivity index (χ0) is 23.8. The number of hydrogen-bond acceptors (Lipinski definition) is 6. The molecular formula is C27H27N5O3. The number of aromatic nitrogens is 3. The smallest absolute Gasteiger partial charge is 0.258 e. The van der Waals surface area contributed by atoms with Gasteiger partial charge in [-0.05, 0) is 24.5 Å². The normalized spacial score (nSPS) is 16.6. The number of benzene rings is 2. The second kappa shape index (κ2) is 9.11. The van der Waals surface area contributed by atoms with Gasteiger partial charge in [0.05, 0.1) is 11.1 Å². The van der Waals surface area contributed by atoms with Crippen molar-refractivity contribution in [1.29, 1.82) is 0 Å². The minimum absolute atomic E-state index is 0.00939. The van der Waals surface area contributed by atoms with Crippen LogP contribution in [0.1, 0.15) is 30.1 Å². The van der Waals surface area contributed by atoms with E-state index in [0.717, 1.165) is 37.9 Å². The van der Waals surface area contributed by atoms with Gasteiger partial charge in [-0.3, -0.25) is 19.1 Å². The lowest BCUT2D eigenvalue weighted by molar-refractivity contribution is -0.133. The number of pyridine rings is 1. The Labute approximate surface area is 202 Å². The first-order valence-electron chi connectivity index (χ1n) is 12.2. The van der Waals surface area contributed by atoms with Gasteiger partial charge in [-0.15, -0.1) is 0 Å². The van der Waals surface area contributed by atoms with Crippen LogP contribution >= 0.6 is 0 Å². The molecule has 8 heteroatoms. The minimum atomic E-state index is -0.249. The summed E-state index contributed by atoms with van der Waals surface area (Å²) in [5, 5.41) is 4.91. The minimum Gasteiger partial charge on any atom is -0.339 e. The van der Waals surface area contributed by atoms with Crippen molar-refractivity contribution in [1.82, 2.24) is 24.5 Å².